The number of rotatable bonds is 9. The van der Waals surface area contributed by atoms with Gasteiger partial charge in [0.15, 0.2) is 5.05 Å². The number of benzene rings is 1. The first kappa shape index (κ1) is 15.6. The molecular formula is C15H20O3S. The smallest absolute Gasteiger partial charge is 0.156 e. The van der Waals surface area contributed by atoms with Gasteiger partial charge < -0.3 is 9.47 Å². The third-order valence-corrected chi connectivity index (χ3v) is 2.75. The van der Waals surface area contributed by atoms with Crippen LogP contribution in [-0.4, -0.2) is 24.6 Å². The van der Waals surface area contributed by atoms with Gasteiger partial charge in [-0.15, -0.1) is 0 Å². The van der Waals surface area contributed by atoms with Crippen LogP contribution in [0.15, 0.2) is 24.3 Å². The minimum absolute atomic E-state index is 0.613. The average molecular weight is 280 g/mol. The Balaban J connectivity index is 2.01. The molecule has 1 rings (SSSR count). The van der Waals surface area contributed by atoms with Gasteiger partial charge in [-0.25, -0.2) is 0 Å². The number of ether oxygens (including phenoxy) is 2. The Kier molecular flexibility index (Phi) is 7.82. The van der Waals surface area contributed by atoms with Crippen LogP contribution in [-0.2, 0) is 4.74 Å². The maximum atomic E-state index is 10.5. The van der Waals surface area contributed by atoms with Crippen LogP contribution in [0.5, 0.6) is 5.75 Å². The summed E-state index contributed by atoms with van der Waals surface area (Å²) < 4.78 is 10.8. The highest BCUT2D eigenvalue weighted by molar-refractivity contribution is 7.80. The van der Waals surface area contributed by atoms with Crippen molar-refractivity contribution < 1.29 is 14.3 Å². The topological polar surface area (TPSA) is 35.5 Å². The maximum Gasteiger partial charge on any atom is 0.156 e. The number of aldehydes is 1. The molecule has 3 nitrogen and oxygen atoms in total. The van der Waals surface area contributed by atoms with Gasteiger partial charge in [-0.05, 0) is 62.2 Å². The molecule has 0 aliphatic rings. The molecule has 0 atom stereocenters. The quantitative estimate of drug-likeness (QED) is 0.391. The van der Waals surface area contributed by atoms with Gasteiger partial charge in [0, 0.05) is 12.5 Å². The number of hydrogen-bond donors (Lipinski definition) is 0. The van der Waals surface area contributed by atoms with Crippen LogP contribution in [0.4, 0.5) is 0 Å². The second kappa shape index (κ2) is 9.50. The van der Waals surface area contributed by atoms with Crippen LogP contribution < -0.4 is 4.74 Å². The summed E-state index contributed by atoms with van der Waals surface area (Å²) in [5, 5.41) is 0.613. The van der Waals surface area contributed by atoms with Crippen molar-refractivity contribution in [1.29, 1.82) is 0 Å². The van der Waals surface area contributed by atoms with Gasteiger partial charge >= 0.3 is 0 Å². The van der Waals surface area contributed by atoms with E-state index in [9.17, 15) is 4.79 Å². The second-order valence-electron chi connectivity index (χ2n) is 4.29. The molecule has 0 N–H and O–H groups in total. The van der Waals surface area contributed by atoms with Gasteiger partial charge in [-0.2, -0.15) is 0 Å². The first-order valence-corrected chi connectivity index (χ1v) is 6.94. The third kappa shape index (κ3) is 7.57. The zero-order valence-electron chi connectivity index (χ0n) is 11.3. The third-order valence-electron chi connectivity index (χ3n) is 2.63. The van der Waals surface area contributed by atoms with Crippen molar-refractivity contribution in [3.8, 4) is 5.75 Å². The van der Waals surface area contributed by atoms with Gasteiger partial charge in [-0.3, -0.25) is 4.79 Å². The molecule has 0 heterocycles. The second-order valence-corrected chi connectivity index (χ2v) is 4.86. The molecule has 0 bridgehead atoms. The molecule has 0 aliphatic heterocycles. The lowest BCUT2D eigenvalue weighted by Gasteiger charge is -2.06. The van der Waals surface area contributed by atoms with E-state index >= 15 is 0 Å². The molecule has 1 aromatic rings. The molecule has 0 unspecified atom stereocenters. The van der Waals surface area contributed by atoms with E-state index in [1.807, 2.05) is 12.1 Å². The average Bonchev–Trinajstić information content (AvgIpc) is 2.42. The van der Waals surface area contributed by atoms with Crippen LogP contribution >= 0.6 is 12.2 Å². The van der Waals surface area contributed by atoms with E-state index in [1.165, 1.54) is 0 Å². The summed E-state index contributed by atoms with van der Waals surface area (Å²) >= 11 is 4.82. The molecular weight excluding hydrogens is 260 g/mol. The van der Waals surface area contributed by atoms with Gasteiger partial charge in [0.1, 0.15) is 12.0 Å². The lowest BCUT2D eigenvalue weighted by molar-refractivity contribution is 0.112. The standard InChI is InChI=1S/C15H20O3S/c1-13(19)17-10-4-2-3-5-11-18-15-8-6-14(12-16)7-9-15/h6-9,12H,2-5,10-11H2,1H3. The lowest BCUT2D eigenvalue weighted by atomic mass is 10.2. The Hall–Kier alpha value is -1.42. The molecule has 4 heteroatoms. The SMILES string of the molecule is CC(=S)OCCCCCCOc1ccc(C=O)cc1. The van der Waals surface area contributed by atoms with Crippen molar-refractivity contribution >= 4 is 23.6 Å². The highest BCUT2D eigenvalue weighted by atomic mass is 32.1. The predicted octanol–water partition coefficient (Wildman–Crippen LogP) is 3.80. The van der Waals surface area contributed by atoms with Crippen molar-refractivity contribution in [2.24, 2.45) is 0 Å². The van der Waals surface area contributed by atoms with Crippen LogP contribution in [0.3, 0.4) is 0 Å². The fraction of sp³-hybridized carbons (Fsp3) is 0.467. The van der Waals surface area contributed by atoms with Crippen LogP contribution in [0, 0.1) is 0 Å². The number of carbonyl (C=O) groups is 1. The van der Waals surface area contributed by atoms with Crippen molar-refractivity contribution in [3.63, 3.8) is 0 Å². The summed E-state index contributed by atoms with van der Waals surface area (Å²) in [5.74, 6) is 0.810. The monoisotopic (exact) mass is 280 g/mol. The Labute approximate surface area is 119 Å². The Morgan fingerprint density at radius 2 is 1.74 bits per heavy atom. The van der Waals surface area contributed by atoms with Crippen LogP contribution in [0.25, 0.3) is 0 Å². The van der Waals surface area contributed by atoms with E-state index in [0.717, 1.165) is 37.7 Å². The van der Waals surface area contributed by atoms with Crippen LogP contribution in [0.1, 0.15) is 43.0 Å². The number of hydrogen-bond acceptors (Lipinski definition) is 4. The number of thiocarbonyl (C=S) groups is 1. The van der Waals surface area contributed by atoms with E-state index in [4.69, 9.17) is 21.7 Å². The minimum Gasteiger partial charge on any atom is -0.494 e. The van der Waals surface area contributed by atoms with Crippen molar-refractivity contribution in [3.05, 3.63) is 29.8 Å². The lowest BCUT2D eigenvalue weighted by Crippen LogP contribution is -2.00. The highest BCUT2D eigenvalue weighted by Gasteiger charge is 1.96. The Morgan fingerprint density at radius 3 is 2.32 bits per heavy atom. The molecule has 0 fully saturated rings. The van der Waals surface area contributed by atoms with E-state index in [2.05, 4.69) is 0 Å². The molecule has 0 saturated heterocycles. The molecule has 0 radical (unpaired) electrons. The van der Waals surface area contributed by atoms with Crippen molar-refractivity contribution in [2.75, 3.05) is 13.2 Å². The first-order chi connectivity index (χ1) is 9.22. The van der Waals surface area contributed by atoms with Gasteiger partial charge in [0.05, 0.1) is 13.2 Å². The number of carbonyl (C=O) groups excluding carboxylic acids is 1. The summed E-state index contributed by atoms with van der Waals surface area (Å²) in [6.07, 6.45) is 5.12. The summed E-state index contributed by atoms with van der Waals surface area (Å²) in [6, 6.07) is 7.15. The minimum atomic E-state index is 0.613. The van der Waals surface area contributed by atoms with E-state index in [-0.39, 0.29) is 0 Å². The zero-order valence-corrected chi connectivity index (χ0v) is 12.1. The Bertz CT molecular complexity index is 387. The molecule has 0 aromatic heterocycles. The summed E-state index contributed by atoms with van der Waals surface area (Å²) in [4.78, 5) is 10.5. The van der Waals surface area contributed by atoms with E-state index in [1.54, 1.807) is 19.1 Å². The first-order valence-electron chi connectivity index (χ1n) is 6.54. The summed E-state index contributed by atoms with van der Waals surface area (Å²) in [6.45, 7) is 3.20. The maximum absolute atomic E-state index is 10.5. The Morgan fingerprint density at radius 1 is 1.11 bits per heavy atom. The highest BCUT2D eigenvalue weighted by Crippen LogP contribution is 2.12. The molecule has 1 aromatic carbocycles. The molecule has 0 amide bonds. The fourth-order valence-electron chi connectivity index (χ4n) is 1.61. The molecule has 104 valence electrons. The molecule has 0 spiro atoms. The molecule has 19 heavy (non-hydrogen) atoms. The van der Waals surface area contributed by atoms with E-state index < -0.39 is 0 Å². The fourth-order valence-corrected chi connectivity index (χ4v) is 1.69. The van der Waals surface area contributed by atoms with Gasteiger partial charge in [0.25, 0.3) is 0 Å². The summed E-state index contributed by atoms with van der Waals surface area (Å²) in [5.41, 5.74) is 0.668. The molecule has 0 saturated carbocycles. The van der Waals surface area contributed by atoms with Crippen molar-refractivity contribution in [2.45, 2.75) is 32.6 Å². The summed E-state index contributed by atoms with van der Waals surface area (Å²) in [7, 11) is 0. The van der Waals surface area contributed by atoms with E-state index in [0.29, 0.717) is 23.8 Å². The van der Waals surface area contributed by atoms with Crippen molar-refractivity contribution in [1.82, 2.24) is 0 Å². The number of unbranched alkanes of at least 4 members (excludes halogenated alkanes) is 3. The molecule has 0 aliphatic carbocycles. The van der Waals surface area contributed by atoms with Gasteiger partial charge in [-0.1, -0.05) is 0 Å². The largest absolute Gasteiger partial charge is 0.494 e. The predicted molar refractivity (Wildman–Crippen MR) is 80.0 cm³/mol. The van der Waals surface area contributed by atoms with Gasteiger partial charge in [0.2, 0.25) is 0 Å². The zero-order chi connectivity index (χ0) is 13.9. The normalized spacial score (nSPS) is 9.95. The van der Waals surface area contributed by atoms with Crippen LogP contribution in [0.2, 0.25) is 0 Å².